The Bertz CT molecular complexity index is 349. The van der Waals surface area contributed by atoms with E-state index in [1.54, 1.807) is 4.90 Å². The van der Waals surface area contributed by atoms with Crippen LogP contribution in [0, 0.1) is 0 Å². The van der Waals surface area contributed by atoms with Crippen molar-refractivity contribution in [2.45, 2.75) is 45.1 Å². The van der Waals surface area contributed by atoms with Crippen LogP contribution < -0.4 is 5.32 Å². The van der Waals surface area contributed by atoms with Crippen LogP contribution in [-0.4, -0.2) is 35.8 Å². The molecule has 1 N–H and O–H groups in total. The van der Waals surface area contributed by atoms with E-state index in [4.69, 9.17) is 0 Å². The summed E-state index contributed by atoms with van der Waals surface area (Å²) in [4.78, 5) is 25.2. The molecule has 1 fully saturated rings. The zero-order valence-corrected chi connectivity index (χ0v) is 10.4. The molecular weight excluding hydrogens is 216 g/mol. The highest BCUT2D eigenvalue weighted by Gasteiger charge is 2.30. The zero-order valence-electron chi connectivity index (χ0n) is 10.4. The minimum atomic E-state index is -0.311. The molecule has 1 unspecified atom stereocenters. The van der Waals surface area contributed by atoms with Crippen LogP contribution in [-0.2, 0) is 9.59 Å². The van der Waals surface area contributed by atoms with Gasteiger partial charge in [0, 0.05) is 6.54 Å². The van der Waals surface area contributed by atoms with Crippen LogP contribution in [0.3, 0.4) is 0 Å². The quantitative estimate of drug-likeness (QED) is 0.746. The maximum Gasteiger partial charge on any atom is 0.245 e. The van der Waals surface area contributed by atoms with Crippen LogP contribution in [0.15, 0.2) is 11.6 Å². The molecule has 1 saturated heterocycles. The Hall–Kier alpha value is -1.32. The predicted octanol–water partition coefficient (Wildman–Crippen LogP) is 1.22. The number of carbonyl (C=O) groups is 2. The Morgan fingerprint density at radius 3 is 2.94 bits per heavy atom. The first-order chi connectivity index (χ1) is 8.20. The molecule has 2 amide bonds. The molecule has 0 saturated carbocycles. The van der Waals surface area contributed by atoms with Crippen molar-refractivity contribution in [1.29, 1.82) is 0 Å². The number of piperazine rings is 1. The van der Waals surface area contributed by atoms with E-state index in [9.17, 15) is 9.59 Å². The van der Waals surface area contributed by atoms with E-state index in [-0.39, 0.29) is 24.4 Å². The minimum absolute atomic E-state index is 0.0307. The molecule has 0 spiro atoms. The first kappa shape index (κ1) is 12.1. The molecular formula is C13H20N2O2. The molecule has 1 atom stereocenters. The smallest absolute Gasteiger partial charge is 0.245 e. The van der Waals surface area contributed by atoms with Crippen LogP contribution in [0.2, 0.25) is 0 Å². The van der Waals surface area contributed by atoms with Crippen molar-refractivity contribution < 1.29 is 9.59 Å². The summed E-state index contributed by atoms with van der Waals surface area (Å²) in [5.74, 6) is 0.0440. The number of rotatable bonds is 4. The fraction of sp³-hybridized carbons (Fsp3) is 0.692. The Kier molecular flexibility index (Phi) is 3.82. The van der Waals surface area contributed by atoms with E-state index in [2.05, 4.69) is 11.4 Å². The number of hydrogen-bond acceptors (Lipinski definition) is 2. The summed E-state index contributed by atoms with van der Waals surface area (Å²) in [5, 5.41) is 2.73. The SMILES string of the molecule is CCC1NC(=O)CN(CCC2=CCCC2)C1=O. The van der Waals surface area contributed by atoms with Crippen molar-refractivity contribution in [3.63, 3.8) is 0 Å². The molecule has 0 aromatic rings. The highest BCUT2D eigenvalue weighted by molar-refractivity contribution is 5.94. The Labute approximate surface area is 102 Å². The maximum absolute atomic E-state index is 12.0. The predicted molar refractivity (Wildman–Crippen MR) is 65.4 cm³/mol. The molecule has 1 heterocycles. The normalized spacial score (nSPS) is 24.9. The van der Waals surface area contributed by atoms with Gasteiger partial charge in [0.2, 0.25) is 11.8 Å². The van der Waals surface area contributed by atoms with Gasteiger partial charge >= 0.3 is 0 Å². The van der Waals surface area contributed by atoms with Crippen LogP contribution >= 0.6 is 0 Å². The van der Waals surface area contributed by atoms with Gasteiger partial charge < -0.3 is 10.2 Å². The third-order valence-electron chi connectivity index (χ3n) is 3.53. The molecule has 0 radical (unpaired) electrons. The maximum atomic E-state index is 12.0. The lowest BCUT2D eigenvalue weighted by Gasteiger charge is -2.32. The number of nitrogens with one attached hydrogen (secondary N) is 1. The highest BCUT2D eigenvalue weighted by Crippen LogP contribution is 2.21. The van der Waals surface area contributed by atoms with Gasteiger partial charge in [-0.05, 0) is 32.1 Å². The average molecular weight is 236 g/mol. The van der Waals surface area contributed by atoms with Gasteiger partial charge in [-0.3, -0.25) is 9.59 Å². The van der Waals surface area contributed by atoms with E-state index in [0.717, 1.165) is 12.8 Å². The fourth-order valence-electron chi connectivity index (χ4n) is 2.48. The Balaban J connectivity index is 1.89. The van der Waals surface area contributed by atoms with Crippen molar-refractivity contribution in [2.24, 2.45) is 0 Å². The Morgan fingerprint density at radius 1 is 1.47 bits per heavy atom. The van der Waals surface area contributed by atoms with Gasteiger partial charge in [-0.15, -0.1) is 0 Å². The number of hydrogen-bond donors (Lipinski definition) is 1. The lowest BCUT2D eigenvalue weighted by molar-refractivity contribution is -0.144. The monoisotopic (exact) mass is 236 g/mol. The van der Waals surface area contributed by atoms with Gasteiger partial charge in [-0.2, -0.15) is 0 Å². The number of amides is 2. The molecule has 0 aromatic carbocycles. The first-order valence-corrected chi connectivity index (χ1v) is 6.46. The van der Waals surface area contributed by atoms with E-state index in [0.29, 0.717) is 13.0 Å². The lowest BCUT2D eigenvalue weighted by atomic mass is 10.1. The molecule has 0 bridgehead atoms. The van der Waals surface area contributed by atoms with Crippen LogP contribution in [0.5, 0.6) is 0 Å². The van der Waals surface area contributed by atoms with Crippen molar-refractivity contribution >= 4 is 11.8 Å². The van der Waals surface area contributed by atoms with Crippen molar-refractivity contribution in [3.8, 4) is 0 Å². The van der Waals surface area contributed by atoms with Gasteiger partial charge in [0.05, 0.1) is 6.54 Å². The van der Waals surface area contributed by atoms with Crippen LogP contribution in [0.25, 0.3) is 0 Å². The van der Waals surface area contributed by atoms with E-state index >= 15 is 0 Å². The van der Waals surface area contributed by atoms with Gasteiger partial charge in [-0.25, -0.2) is 0 Å². The van der Waals surface area contributed by atoms with Crippen molar-refractivity contribution in [1.82, 2.24) is 10.2 Å². The molecule has 1 aliphatic heterocycles. The number of carbonyl (C=O) groups excluding carboxylic acids is 2. The Morgan fingerprint density at radius 2 is 2.29 bits per heavy atom. The molecule has 2 rings (SSSR count). The topological polar surface area (TPSA) is 49.4 Å². The number of nitrogens with zero attached hydrogens (tertiary/aromatic N) is 1. The summed E-state index contributed by atoms with van der Waals surface area (Å²) in [5.41, 5.74) is 1.44. The van der Waals surface area contributed by atoms with Crippen LogP contribution in [0.1, 0.15) is 39.0 Å². The third-order valence-corrected chi connectivity index (χ3v) is 3.53. The van der Waals surface area contributed by atoms with Gasteiger partial charge in [-0.1, -0.05) is 18.6 Å². The fourth-order valence-corrected chi connectivity index (χ4v) is 2.48. The second kappa shape index (κ2) is 5.34. The third kappa shape index (κ3) is 2.87. The van der Waals surface area contributed by atoms with Gasteiger partial charge in [0.25, 0.3) is 0 Å². The summed E-state index contributed by atoms with van der Waals surface area (Å²) >= 11 is 0. The summed E-state index contributed by atoms with van der Waals surface area (Å²) in [6.07, 6.45) is 7.43. The summed E-state index contributed by atoms with van der Waals surface area (Å²) in [6.45, 7) is 2.84. The van der Waals surface area contributed by atoms with E-state index in [1.165, 1.54) is 18.4 Å². The lowest BCUT2D eigenvalue weighted by Crippen LogP contribution is -2.57. The summed E-state index contributed by atoms with van der Waals surface area (Å²) in [6, 6.07) is -0.311. The molecule has 1 aliphatic carbocycles. The van der Waals surface area contributed by atoms with E-state index < -0.39 is 0 Å². The molecule has 4 nitrogen and oxygen atoms in total. The second-order valence-electron chi connectivity index (χ2n) is 4.79. The first-order valence-electron chi connectivity index (χ1n) is 6.46. The zero-order chi connectivity index (χ0) is 12.3. The van der Waals surface area contributed by atoms with Gasteiger partial charge in [0.1, 0.15) is 6.04 Å². The van der Waals surface area contributed by atoms with Gasteiger partial charge in [0.15, 0.2) is 0 Å². The summed E-state index contributed by atoms with van der Waals surface area (Å²) in [7, 11) is 0. The molecule has 2 aliphatic rings. The summed E-state index contributed by atoms with van der Waals surface area (Å²) < 4.78 is 0. The van der Waals surface area contributed by atoms with E-state index in [1.807, 2.05) is 6.92 Å². The molecule has 4 heteroatoms. The molecule has 0 aromatic heterocycles. The number of allylic oxidation sites excluding steroid dienone is 1. The second-order valence-corrected chi connectivity index (χ2v) is 4.79. The highest BCUT2D eigenvalue weighted by atomic mass is 16.2. The van der Waals surface area contributed by atoms with Crippen molar-refractivity contribution in [3.05, 3.63) is 11.6 Å². The standard InChI is InChI=1S/C13H20N2O2/c1-2-11-13(17)15(9-12(16)14-11)8-7-10-5-3-4-6-10/h5,11H,2-4,6-9H2,1H3,(H,14,16). The molecule has 94 valence electrons. The average Bonchev–Trinajstić information content (AvgIpc) is 2.82. The minimum Gasteiger partial charge on any atom is -0.343 e. The molecule has 17 heavy (non-hydrogen) atoms. The van der Waals surface area contributed by atoms with Crippen LogP contribution in [0.4, 0.5) is 0 Å². The van der Waals surface area contributed by atoms with Crippen molar-refractivity contribution in [2.75, 3.05) is 13.1 Å². The largest absolute Gasteiger partial charge is 0.343 e.